The fraction of sp³-hybridized carbons (Fsp3) is 0.667. The van der Waals surface area contributed by atoms with Crippen molar-refractivity contribution >= 4 is 17.6 Å². The number of aryl methyl sites for hydroxylation is 1. The zero-order chi connectivity index (χ0) is 15.2. The van der Waals surface area contributed by atoms with E-state index in [9.17, 15) is 9.59 Å². The highest BCUT2D eigenvalue weighted by Crippen LogP contribution is 2.29. The maximum Gasteiger partial charge on any atom is 0.228 e. The summed E-state index contributed by atoms with van der Waals surface area (Å²) in [6, 6.07) is 1.70. The number of amides is 2. The van der Waals surface area contributed by atoms with Gasteiger partial charge >= 0.3 is 0 Å². The lowest BCUT2D eigenvalue weighted by atomic mass is 9.81. The molecule has 2 amide bonds. The van der Waals surface area contributed by atoms with Gasteiger partial charge < -0.3 is 15.2 Å². The van der Waals surface area contributed by atoms with Crippen LogP contribution in [0.1, 0.15) is 44.8 Å². The Balaban J connectivity index is 1.78. The molecular formula is C15H23N3O3. The summed E-state index contributed by atoms with van der Waals surface area (Å²) in [6.07, 6.45) is 3.97. The predicted molar refractivity (Wildman–Crippen MR) is 78.6 cm³/mol. The van der Waals surface area contributed by atoms with Crippen LogP contribution in [0.5, 0.6) is 0 Å². The lowest BCUT2D eigenvalue weighted by Crippen LogP contribution is -2.35. The van der Waals surface area contributed by atoms with Gasteiger partial charge in [0, 0.05) is 24.4 Å². The molecule has 0 bridgehead atoms. The molecule has 2 N–H and O–H groups in total. The van der Waals surface area contributed by atoms with Crippen LogP contribution in [0, 0.1) is 18.8 Å². The SMILES string of the molecule is CCCNC(=O)C1CCC(C(=O)Nc2cc(C)on2)CC1. The Morgan fingerprint density at radius 3 is 2.38 bits per heavy atom. The molecule has 2 rings (SSSR count). The van der Waals surface area contributed by atoms with Gasteiger partial charge in [-0.15, -0.1) is 0 Å². The van der Waals surface area contributed by atoms with Crippen molar-refractivity contribution < 1.29 is 14.1 Å². The molecule has 0 unspecified atom stereocenters. The summed E-state index contributed by atoms with van der Waals surface area (Å²) in [5, 5.41) is 9.45. The van der Waals surface area contributed by atoms with E-state index in [0.717, 1.165) is 38.6 Å². The first kappa shape index (κ1) is 15.5. The molecule has 1 aromatic rings. The van der Waals surface area contributed by atoms with Gasteiger partial charge in [-0.3, -0.25) is 9.59 Å². The Labute approximate surface area is 124 Å². The Morgan fingerprint density at radius 1 is 1.24 bits per heavy atom. The molecular weight excluding hydrogens is 270 g/mol. The van der Waals surface area contributed by atoms with Gasteiger partial charge in [0.05, 0.1) is 0 Å². The van der Waals surface area contributed by atoms with Crippen molar-refractivity contribution in [3.05, 3.63) is 11.8 Å². The number of nitrogens with zero attached hydrogens (tertiary/aromatic N) is 1. The van der Waals surface area contributed by atoms with Gasteiger partial charge in [-0.1, -0.05) is 12.1 Å². The number of hydrogen-bond acceptors (Lipinski definition) is 4. The fourth-order valence-electron chi connectivity index (χ4n) is 2.66. The van der Waals surface area contributed by atoms with Crippen LogP contribution in [0.2, 0.25) is 0 Å². The van der Waals surface area contributed by atoms with Gasteiger partial charge in [0.15, 0.2) is 5.82 Å². The first-order chi connectivity index (χ1) is 10.1. The summed E-state index contributed by atoms with van der Waals surface area (Å²) in [5.41, 5.74) is 0. The summed E-state index contributed by atoms with van der Waals surface area (Å²) < 4.78 is 4.92. The van der Waals surface area contributed by atoms with E-state index in [1.807, 2.05) is 6.92 Å². The van der Waals surface area contributed by atoms with Gasteiger partial charge in [-0.25, -0.2) is 0 Å². The van der Waals surface area contributed by atoms with E-state index >= 15 is 0 Å². The highest BCUT2D eigenvalue weighted by atomic mass is 16.5. The predicted octanol–water partition coefficient (Wildman–Crippen LogP) is 2.25. The second-order valence-electron chi connectivity index (χ2n) is 5.65. The van der Waals surface area contributed by atoms with Gasteiger partial charge in [0.2, 0.25) is 11.8 Å². The Bertz CT molecular complexity index is 490. The number of rotatable bonds is 5. The molecule has 0 radical (unpaired) electrons. The second-order valence-corrected chi connectivity index (χ2v) is 5.65. The molecule has 1 fully saturated rings. The van der Waals surface area contributed by atoms with E-state index in [4.69, 9.17) is 4.52 Å². The van der Waals surface area contributed by atoms with Crippen LogP contribution in [0.3, 0.4) is 0 Å². The van der Waals surface area contributed by atoms with Crippen LogP contribution in [-0.2, 0) is 9.59 Å². The largest absolute Gasteiger partial charge is 0.360 e. The van der Waals surface area contributed by atoms with E-state index in [1.54, 1.807) is 13.0 Å². The molecule has 1 aromatic heterocycles. The number of hydrogen-bond donors (Lipinski definition) is 2. The van der Waals surface area contributed by atoms with Crippen LogP contribution >= 0.6 is 0 Å². The van der Waals surface area contributed by atoms with Gasteiger partial charge in [-0.05, 0) is 39.0 Å². The van der Waals surface area contributed by atoms with Crippen molar-refractivity contribution in [3.8, 4) is 0 Å². The normalized spacial score (nSPS) is 21.8. The van der Waals surface area contributed by atoms with E-state index in [1.165, 1.54) is 0 Å². The standard InChI is InChI=1S/C15H23N3O3/c1-3-8-16-14(19)11-4-6-12(7-5-11)15(20)17-13-9-10(2)21-18-13/h9,11-12H,3-8H2,1-2H3,(H,16,19)(H,17,18,20). The monoisotopic (exact) mass is 293 g/mol. The molecule has 1 saturated carbocycles. The zero-order valence-electron chi connectivity index (χ0n) is 12.6. The van der Waals surface area contributed by atoms with Crippen molar-refractivity contribution in [1.29, 1.82) is 0 Å². The Hall–Kier alpha value is -1.85. The molecule has 1 heterocycles. The van der Waals surface area contributed by atoms with Crippen LogP contribution in [0.25, 0.3) is 0 Å². The smallest absolute Gasteiger partial charge is 0.228 e. The van der Waals surface area contributed by atoms with Gasteiger partial charge in [0.25, 0.3) is 0 Å². The van der Waals surface area contributed by atoms with Gasteiger partial charge in [-0.2, -0.15) is 0 Å². The minimum atomic E-state index is -0.0442. The van der Waals surface area contributed by atoms with Crippen LogP contribution in [-0.4, -0.2) is 23.5 Å². The number of carbonyl (C=O) groups excluding carboxylic acids is 2. The lowest BCUT2D eigenvalue weighted by molar-refractivity contribution is -0.128. The molecule has 1 aliphatic carbocycles. The maximum atomic E-state index is 12.1. The maximum absolute atomic E-state index is 12.1. The number of aromatic nitrogens is 1. The van der Waals surface area contributed by atoms with E-state index in [-0.39, 0.29) is 23.7 Å². The molecule has 0 saturated heterocycles. The van der Waals surface area contributed by atoms with Crippen LogP contribution < -0.4 is 10.6 Å². The lowest BCUT2D eigenvalue weighted by Gasteiger charge is -2.26. The minimum Gasteiger partial charge on any atom is -0.360 e. The van der Waals surface area contributed by atoms with E-state index < -0.39 is 0 Å². The summed E-state index contributed by atoms with van der Waals surface area (Å²) in [5.74, 6) is 1.23. The van der Waals surface area contributed by atoms with Crippen molar-refractivity contribution in [2.75, 3.05) is 11.9 Å². The summed E-state index contributed by atoms with van der Waals surface area (Å²) in [7, 11) is 0. The van der Waals surface area contributed by atoms with Crippen molar-refractivity contribution in [2.45, 2.75) is 46.0 Å². The molecule has 6 heteroatoms. The Kier molecular flexibility index (Phi) is 5.36. The molecule has 116 valence electrons. The minimum absolute atomic E-state index is 0.0317. The fourth-order valence-corrected chi connectivity index (χ4v) is 2.66. The molecule has 21 heavy (non-hydrogen) atoms. The number of anilines is 1. The van der Waals surface area contributed by atoms with Gasteiger partial charge in [0.1, 0.15) is 5.76 Å². The third kappa shape index (κ3) is 4.31. The molecule has 6 nitrogen and oxygen atoms in total. The molecule has 0 spiro atoms. The number of carbonyl (C=O) groups is 2. The topological polar surface area (TPSA) is 84.2 Å². The van der Waals surface area contributed by atoms with Crippen molar-refractivity contribution in [2.24, 2.45) is 11.8 Å². The zero-order valence-corrected chi connectivity index (χ0v) is 12.6. The summed E-state index contributed by atoms with van der Waals surface area (Å²) >= 11 is 0. The highest BCUT2D eigenvalue weighted by Gasteiger charge is 2.30. The average molecular weight is 293 g/mol. The first-order valence-electron chi connectivity index (χ1n) is 7.62. The quantitative estimate of drug-likeness (QED) is 0.872. The third-order valence-electron chi connectivity index (χ3n) is 3.90. The molecule has 0 aliphatic heterocycles. The van der Waals surface area contributed by atoms with E-state index in [2.05, 4.69) is 15.8 Å². The van der Waals surface area contributed by atoms with Crippen LogP contribution in [0.15, 0.2) is 10.6 Å². The highest BCUT2D eigenvalue weighted by molar-refractivity contribution is 5.91. The van der Waals surface area contributed by atoms with Crippen molar-refractivity contribution in [3.63, 3.8) is 0 Å². The Morgan fingerprint density at radius 2 is 1.86 bits per heavy atom. The molecule has 0 atom stereocenters. The van der Waals surface area contributed by atoms with Crippen LogP contribution in [0.4, 0.5) is 5.82 Å². The van der Waals surface area contributed by atoms with E-state index in [0.29, 0.717) is 11.6 Å². The first-order valence-corrected chi connectivity index (χ1v) is 7.62. The molecule has 0 aromatic carbocycles. The third-order valence-corrected chi connectivity index (χ3v) is 3.90. The molecule has 1 aliphatic rings. The van der Waals surface area contributed by atoms with Crippen molar-refractivity contribution in [1.82, 2.24) is 10.5 Å². The second kappa shape index (κ2) is 7.24. The average Bonchev–Trinajstić information content (AvgIpc) is 2.90. The summed E-state index contributed by atoms with van der Waals surface area (Å²) in [6.45, 7) is 4.54. The summed E-state index contributed by atoms with van der Waals surface area (Å²) in [4.78, 5) is 24.0. The number of nitrogens with one attached hydrogen (secondary N) is 2.